The largest absolute Gasteiger partial charge is 0.354 e. The second-order valence-electron chi connectivity index (χ2n) is 7.97. The highest BCUT2D eigenvalue weighted by Crippen LogP contribution is 2.22. The number of primary sulfonamides is 1. The van der Waals surface area contributed by atoms with Gasteiger partial charge in [0.05, 0.1) is 10.5 Å². The topological polar surface area (TPSA) is 150 Å². The molecule has 2 aromatic carbocycles. The molecule has 3 N–H and O–H groups in total. The minimum atomic E-state index is -3.75. The number of pyridine rings is 1. The lowest BCUT2D eigenvalue weighted by Crippen LogP contribution is -2.33. The third kappa shape index (κ3) is 6.08. The monoisotopic (exact) mass is 493 g/mol. The molecule has 0 aliphatic rings. The first-order chi connectivity index (χ1) is 16.7. The highest BCUT2D eigenvalue weighted by molar-refractivity contribution is 7.89. The van der Waals surface area contributed by atoms with Gasteiger partial charge in [-0.3, -0.25) is 9.59 Å². The number of nitrogens with one attached hydrogen (secondary N) is 1. The molecular formula is C24H23N5O5S. The van der Waals surface area contributed by atoms with Gasteiger partial charge in [-0.25, -0.2) is 13.6 Å². The van der Waals surface area contributed by atoms with Crippen molar-refractivity contribution in [3.05, 3.63) is 88.3 Å². The molecule has 10 nitrogen and oxygen atoms in total. The number of nitrogens with zero attached hydrogens (tertiary/aromatic N) is 3. The average molecular weight is 494 g/mol. The van der Waals surface area contributed by atoms with E-state index < -0.39 is 10.0 Å². The van der Waals surface area contributed by atoms with E-state index in [2.05, 4.69) is 15.5 Å². The number of hydrogen-bond donors (Lipinski definition) is 2. The van der Waals surface area contributed by atoms with Crippen molar-refractivity contribution in [3.63, 3.8) is 0 Å². The van der Waals surface area contributed by atoms with Crippen molar-refractivity contribution in [3.8, 4) is 22.8 Å². The predicted molar refractivity (Wildman–Crippen MR) is 129 cm³/mol. The van der Waals surface area contributed by atoms with Crippen molar-refractivity contribution in [1.82, 2.24) is 20.0 Å². The van der Waals surface area contributed by atoms with Crippen LogP contribution >= 0.6 is 0 Å². The molecule has 2 aromatic heterocycles. The molecule has 0 spiro atoms. The van der Waals surface area contributed by atoms with Crippen LogP contribution in [-0.4, -0.2) is 35.6 Å². The van der Waals surface area contributed by atoms with Gasteiger partial charge in [-0.2, -0.15) is 4.98 Å². The highest BCUT2D eigenvalue weighted by Gasteiger charge is 2.13. The fourth-order valence-corrected chi connectivity index (χ4v) is 3.94. The minimum absolute atomic E-state index is 0.0248. The first-order valence-corrected chi connectivity index (χ1v) is 12.2. The van der Waals surface area contributed by atoms with E-state index >= 15 is 0 Å². The average Bonchev–Trinajstić information content (AvgIpc) is 3.31. The van der Waals surface area contributed by atoms with Crippen LogP contribution < -0.4 is 16.0 Å². The maximum Gasteiger partial charge on any atom is 0.259 e. The summed E-state index contributed by atoms with van der Waals surface area (Å²) in [5, 5.41) is 11.8. The highest BCUT2D eigenvalue weighted by atomic mass is 32.2. The summed E-state index contributed by atoms with van der Waals surface area (Å²) < 4.78 is 29.3. The number of nitrogens with two attached hydrogens (primary N) is 1. The molecule has 4 rings (SSSR count). The smallest absolute Gasteiger partial charge is 0.259 e. The van der Waals surface area contributed by atoms with Crippen molar-refractivity contribution >= 4 is 15.9 Å². The van der Waals surface area contributed by atoms with Crippen LogP contribution in [0, 0.1) is 6.92 Å². The zero-order valence-electron chi connectivity index (χ0n) is 18.8. The second-order valence-corrected chi connectivity index (χ2v) is 9.53. The van der Waals surface area contributed by atoms with E-state index in [4.69, 9.17) is 9.66 Å². The number of carbonyl (C=O) groups is 1. The van der Waals surface area contributed by atoms with Gasteiger partial charge >= 0.3 is 0 Å². The van der Waals surface area contributed by atoms with Gasteiger partial charge in [0.2, 0.25) is 21.8 Å². The normalized spacial score (nSPS) is 11.4. The molecule has 0 aliphatic carbocycles. The van der Waals surface area contributed by atoms with Crippen LogP contribution in [0.25, 0.3) is 22.8 Å². The summed E-state index contributed by atoms with van der Waals surface area (Å²) in [4.78, 5) is 29.1. The number of carbonyl (C=O) groups excluding carboxylic acids is 1. The molecule has 180 valence electrons. The standard InChI is InChI=1S/C24H23N5O5S/c1-16-3-2-4-18(13-16)23-27-24(34-28-23)19-7-10-22(31)29(14-19)15-21(30)26-12-11-17-5-8-20(9-6-17)35(25,32)33/h2-10,13-14H,11-12,15H2,1H3,(H,26,30)(H2,25,32,33). The van der Waals surface area contributed by atoms with E-state index in [1.807, 2.05) is 31.2 Å². The van der Waals surface area contributed by atoms with Gasteiger partial charge in [-0.1, -0.05) is 41.1 Å². The summed E-state index contributed by atoms with van der Waals surface area (Å²) in [6.45, 7) is 2.09. The van der Waals surface area contributed by atoms with Crippen LogP contribution in [0.5, 0.6) is 0 Å². The molecule has 11 heteroatoms. The van der Waals surface area contributed by atoms with Crippen molar-refractivity contribution < 1.29 is 17.7 Å². The van der Waals surface area contributed by atoms with Gasteiger partial charge in [0.1, 0.15) is 6.54 Å². The summed E-state index contributed by atoms with van der Waals surface area (Å²) >= 11 is 0. The van der Waals surface area contributed by atoms with Crippen molar-refractivity contribution in [1.29, 1.82) is 0 Å². The van der Waals surface area contributed by atoms with Crippen molar-refractivity contribution in [2.75, 3.05) is 6.54 Å². The van der Waals surface area contributed by atoms with Crippen LogP contribution in [0.15, 0.2) is 81.1 Å². The van der Waals surface area contributed by atoms with Crippen LogP contribution in [0.1, 0.15) is 11.1 Å². The molecular weight excluding hydrogens is 470 g/mol. The molecule has 0 saturated heterocycles. The predicted octanol–water partition coefficient (Wildman–Crippen LogP) is 1.88. The Kier molecular flexibility index (Phi) is 6.90. The maximum atomic E-state index is 12.4. The van der Waals surface area contributed by atoms with Crippen molar-refractivity contribution in [2.24, 2.45) is 5.14 Å². The van der Waals surface area contributed by atoms with E-state index in [0.29, 0.717) is 24.4 Å². The third-order valence-electron chi connectivity index (χ3n) is 5.23. The molecule has 0 fully saturated rings. The van der Waals surface area contributed by atoms with Gasteiger partial charge in [0.15, 0.2) is 0 Å². The maximum absolute atomic E-state index is 12.4. The van der Waals surface area contributed by atoms with E-state index in [0.717, 1.165) is 16.7 Å². The fraction of sp³-hybridized carbons (Fsp3) is 0.167. The molecule has 1 amide bonds. The van der Waals surface area contributed by atoms with Gasteiger partial charge in [0.25, 0.3) is 11.4 Å². The summed E-state index contributed by atoms with van der Waals surface area (Å²) in [7, 11) is -3.75. The Bertz CT molecular complexity index is 1520. The number of hydrogen-bond acceptors (Lipinski definition) is 7. The number of benzene rings is 2. The molecule has 0 saturated carbocycles. The first kappa shape index (κ1) is 24.0. The van der Waals surface area contributed by atoms with Gasteiger partial charge < -0.3 is 14.4 Å². The van der Waals surface area contributed by atoms with E-state index in [-0.39, 0.29) is 28.8 Å². The molecule has 0 unspecified atom stereocenters. The summed E-state index contributed by atoms with van der Waals surface area (Å²) in [5.74, 6) is 0.311. The zero-order valence-corrected chi connectivity index (χ0v) is 19.7. The van der Waals surface area contributed by atoms with E-state index in [1.54, 1.807) is 18.2 Å². The quantitative estimate of drug-likeness (QED) is 0.380. The lowest BCUT2D eigenvalue weighted by atomic mass is 10.1. The Morgan fingerprint density at radius 3 is 2.57 bits per heavy atom. The lowest BCUT2D eigenvalue weighted by molar-refractivity contribution is -0.121. The lowest BCUT2D eigenvalue weighted by Gasteiger charge is -2.08. The summed E-state index contributed by atoms with van der Waals surface area (Å²) in [5.41, 5.74) is 2.87. The SMILES string of the molecule is Cc1cccc(-c2noc(-c3ccc(=O)n(CC(=O)NCCc4ccc(S(N)(=O)=O)cc4)c3)n2)c1. The summed E-state index contributed by atoms with van der Waals surface area (Å²) in [6.07, 6.45) is 1.98. The van der Waals surface area contributed by atoms with Gasteiger partial charge in [0, 0.05) is 24.4 Å². The Morgan fingerprint density at radius 2 is 1.86 bits per heavy atom. The van der Waals surface area contributed by atoms with E-state index in [9.17, 15) is 18.0 Å². The first-order valence-electron chi connectivity index (χ1n) is 10.7. The molecule has 2 heterocycles. The molecule has 0 aliphatic heterocycles. The van der Waals surface area contributed by atoms with Crippen LogP contribution in [-0.2, 0) is 27.8 Å². The number of sulfonamides is 1. The van der Waals surface area contributed by atoms with E-state index in [1.165, 1.54) is 29.0 Å². The molecule has 35 heavy (non-hydrogen) atoms. The number of aryl methyl sites for hydroxylation is 1. The second kappa shape index (κ2) is 10.0. The molecule has 0 radical (unpaired) electrons. The Hall–Kier alpha value is -4.09. The molecule has 4 aromatic rings. The van der Waals surface area contributed by atoms with Crippen molar-refractivity contribution in [2.45, 2.75) is 24.8 Å². The number of rotatable bonds is 8. The molecule has 0 atom stereocenters. The van der Waals surface area contributed by atoms with Crippen LogP contribution in [0.4, 0.5) is 0 Å². The van der Waals surface area contributed by atoms with Gasteiger partial charge in [-0.15, -0.1) is 0 Å². The minimum Gasteiger partial charge on any atom is -0.354 e. The summed E-state index contributed by atoms with van der Waals surface area (Å²) in [6, 6.07) is 16.7. The van der Waals surface area contributed by atoms with Crippen LogP contribution in [0.3, 0.4) is 0 Å². The Morgan fingerprint density at radius 1 is 1.09 bits per heavy atom. The molecule has 0 bridgehead atoms. The fourth-order valence-electron chi connectivity index (χ4n) is 3.43. The Balaban J connectivity index is 1.38. The third-order valence-corrected chi connectivity index (χ3v) is 6.16. The van der Waals surface area contributed by atoms with Crippen LogP contribution in [0.2, 0.25) is 0 Å². The zero-order chi connectivity index (χ0) is 25.0. The number of amides is 1. The number of aromatic nitrogens is 3. The van der Waals surface area contributed by atoms with Gasteiger partial charge in [-0.05, 0) is 43.2 Å². The Labute approximate surface area is 201 Å².